The van der Waals surface area contributed by atoms with Crippen LogP contribution in [0.25, 0.3) is 0 Å². The predicted octanol–water partition coefficient (Wildman–Crippen LogP) is 4.21. The van der Waals surface area contributed by atoms with Crippen molar-refractivity contribution in [3.8, 4) is 0 Å². The Bertz CT molecular complexity index is 523. The molecule has 0 aromatic heterocycles. The Hall–Kier alpha value is -0.590. The lowest BCUT2D eigenvalue weighted by Gasteiger charge is -2.43. The molecule has 6 heteroatoms. The summed E-state index contributed by atoms with van der Waals surface area (Å²) in [5, 5.41) is 3.31. The zero-order valence-corrected chi connectivity index (χ0v) is 13.9. The number of piperazine rings is 1. The molecule has 1 aliphatic heterocycles. The Morgan fingerprint density at radius 1 is 1.14 bits per heavy atom. The summed E-state index contributed by atoms with van der Waals surface area (Å²) in [5.74, 6) is 0.480. The molecule has 0 bridgehead atoms. The molecule has 0 spiro atoms. The molecule has 1 aromatic carbocycles. The molecule has 1 saturated carbocycles. The van der Waals surface area contributed by atoms with E-state index in [4.69, 9.17) is 0 Å². The van der Waals surface area contributed by atoms with Crippen LogP contribution in [-0.4, -0.2) is 31.1 Å². The van der Waals surface area contributed by atoms with Crippen LogP contribution in [0.4, 0.5) is 13.2 Å². The summed E-state index contributed by atoms with van der Waals surface area (Å²) in [6.07, 6.45) is -0.884. The van der Waals surface area contributed by atoms with Gasteiger partial charge in [0, 0.05) is 36.7 Å². The van der Waals surface area contributed by atoms with Gasteiger partial charge in [-0.05, 0) is 42.5 Å². The lowest BCUT2D eigenvalue weighted by molar-refractivity contribution is -0.137. The van der Waals surface area contributed by atoms with Crippen LogP contribution in [0.1, 0.15) is 36.4 Å². The molecule has 2 aliphatic rings. The summed E-state index contributed by atoms with van der Waals surface area (Å²) in [6.45, 7) is 3.61. The van der Waals surface area contributed by atoms with Crippen LogP contribution in [0.5, 0.6) is 0 Å². The highest BCUT2D eigenvalue weighted by atomic mass is 79.9. The molecule has 1 heterocycles. The first-order chi connectivity index (χ1) is 10.4. The molecule has 2 fully saturated rings. The fourth-order valence-corrected chi connectivity index (χ4v) is 3.95. The lowest BCUT2D eigenvalue weighted by atomic mass is 9.76. The van der Waals surface area contributed by atoms with Crippen molar-refractivity contribution < 1.29 is 13.2 Å². The maximum absolute atomic E-state index is 13.1. The normalized spacial score (nSPS) is 22.4. The number of alkyl halides is 3. The first kappa shape index (κ1) is 16.3. The van der Waals surface area contributed by atoms with Gasteiger partial charge in [-0.2, -0.15) is 13.2 Å². The van der Waals surface area contributed by atoms with Crippen molar-refractivity contribution in [3.05, 3.63) is 33.8 Å². The Morgan fingerprint density at radius 3 is 2.36 bits per heavy atom. The standard InChI is InChI=1S/C16H20BrF3N2/c17-14-9-12(8-13(10-14)16(18,19)20)15(11-2-1-3-11)22-6-4-21-5-7-22/h8-11,15,21H,1-7H2/t15-/m1/s1. The van der Waals surface area contributed by atoms with Crippen LogP contribution in [0.3, 0.4) is 0 Å². The van der Waals surface area contributed by atoms with E-state index in [9.17, 15) is 13.2 Å². The highest BCUT2D eigenvalue weighted by Gasteiger charge is 2.36. The molecule has 3 rings (SSSR count). The van der Waals surface area contributed by atoms with Crippen molar-refractivity contribution in [2.75, 3.05) is 26.2 Å². The Labute approximate surface area is 137 Å². The van der Waals surface area contributed by atoms with Gasteiger partial charge in [0.2, 0.25) is 0 Å². The minimum Gasteiger partial charge on any atom is -0.314 e. The zero-order valence-electron chi connectivity index (χ0n) is 12.3. The Balaban J connectivity index is 1.94. The van der Waals surface area contributed by atoms with E-state index in [1.807, 2.05) is 6.07 Å². The summed E-state index contributed by atoms with van der Waals surface area (Å²) in [5.41, 5.74) is 0.240. The molecular formula is C16H20BrF3N2. The van der Waals surface area contributed by atoms with E-state index < -0.39 is 11.7 Å². The van der Waals surface area contributed by atoms with Gasteiger partial charge in [-0.1, -0.05) is 22.4 Å². The second-order valence-corrected chi connectivity index (χ2v) is 7.11. The SMILES string of the molecule is FC(F)(F)c1cc(Br)cc([C@@H](C2CCC2)N2CCNCC2)c1. The van der Waals surface area contributed by atoms with Gasteiger partial charge in [-0.25, -0.2) is 0 Å². The van der Waals surface area contributed by atoms with Crippen molar-refractivity contribution in [3.63, 3.8) is 0 Å². The molecular weight excluding hydrogens is 357 g/mol. The third kappa shape index (κ3) is 3.49. The van der Waals surface area contributed by atoms with Crippen LogP contribution in [0, 0.1) is 5.92 Å². The van der Waals surface area contributed by atoms with Gasteiger partial charge < -0.3 is 5.32 Å². The Morgan fingerprint density at radius 2 is 1.82 bits per heavy atom. The molecule has 0 amide bonds. The maximum atomic E-state index is 13.1. The number of nitrogens with one attached hydrogen (secondary N) is 1. The highest BCUT2D eigenvalue weighted by molar-refractivity contribution is 9.10. The van der Waals surface area contributed by atoms with Crippen LogP contribution in [-0.2, 0) is 6.18 Å². The van der Waals surface area contributed by atoms with Gasteiger partial charge in [-0.3, -0.25) is 4.90 Å². The van der Waals surface area contributed by atoms with Crippen LogP contribution in [0.15, 0.2) is 22.7 Å². The summed E-state index contributed by atoms with van der Waals surface area (Å²) >= 11 is 3.26. The molecule has 1 aromatic rings. The molecule has 0 unspecified atom stereocenters. The minimum atomic E-state index is -4.30. The number of benzene rings is 1. The van der Waals surface area contributed by atoms with Gasteiger partial charge in [0.05, 0.1) is 5.56 Å². The topological polar surface area (TPSA) is 15.3 Å². The van der Waals surface area contributed by atoms with Crippen molar-refractivity contribution in [2.24, 2.45) is 5.92 Å². The highest BCUT2D eigenvalue weighted by Crippen LogP contribution is 2.43. The molecule has 22 heavy (non-hydrogen) atoms. The number of hydrogen-bond donors (Lipinski definition) is 1. The van der Waals surface area contributed by atoms with Gasteiger partial charge in [-0.15, -0.1) is 0 Å². The molecule has 122 valence electrons. The second kappa shape index (κ2) is 6.49. The van der Waals surface area contributed by atoms with E-state index in [0.29, 0.717) is 10.4 Å². The third-order valence-electron chi connectivity index (χ3n) is 4.73. The maximum Gasteiger partial charge on any atom is 0.416 e. The second-order valence-electron chi connectivity index (χ2n) is 6.19. The number of hydrogen-bond acceptors (Lipinski definition) is 2. The number of rotatable bonds is 3. The monoisotopic (exact) mass is 376 g/mol. The minimum absolute atomic E-state index is 0.106. The number of halogens is 4. The van der Waals surface area contributed by atoms with Crippen molar-refractivity contribution >= 4 is 15.9 Å². The smallest absolute Gasteiger partial charge is 0.314 e. The first-order valence-corrected chi connectivity index (χ1v) is 8.57. The van der Waals surface area contributed by atoms with Gasteiger partial charge >= 0.3 is 6.18 Å². The van der Waals surface area contributed by atoms with E-state index in [2.05, 4.69) is 26.1 Å². The summed E-state index contributed by atoms with van der Waals surface area (Å²) < 4.78 is 39.8. The van der Waals surface area contributed by atoms with Crippen molar-refractivity contribution in [2.45, 2.75) is 31.5 Å². The van der Waals surface area contributed by atoms with Gasteiger partial charge in [0.1, 0.15) is 0 Å². The number of nitrogens with zero attached hydrogens (tertiary/aromatic N) is 1. The molecule has 1 aliphatic carbocycles. The molecule has 1 atom stereocenters. The van der Waals surface area contributed by atoms with E-state index in [0.717, 1.165) is 44.6 Å². The summed E-state index contributed by atoms with van der Waals surface area (Å²) in [7, 11) is 0. The average molecular weight is 377 g/mol. The fourth-order valence-electron chi connectivity index (χ4n) is 3.44. The Kier molecular flexibility index (Phi) is 4.80. The fraction of sp³-hybridized carbons (Fsp3) is 0.625. The summed E-state index contributed by atoms with van der Waals surface area (Å²) in [4.78, 5) is 2.35. The van der Waals surface area contributed by atoms with Crippen LogP contribution in [0.2, 0.25) is 0 Å². The van der Waals surface area contributed by atoms with Crippen molar-refractivity contribution in [1.29, 1.82) is 0 Å². The predicted molar refractivity (Wildman–Crippen MR) is 83.7 cm³/mol. The molecule has 1 saturated heterocycles. The lowest BCUT2D eigenvalue weighted by Crippen LogP contribution is -2.47. The van der Waals surface area contributed by atoms with E-state index in [1.54, 1.807) is 0 Å². The van der Waals surface area contributed by atoms with Gasteiger partial charge in [0.25, 0.3) is 0 Å². The largest absolute Gasteiger partial charge is 0.416 e. The van der Waals surface area contributed by atoms with E-state index in [-0.39, 0.29) is 6.04 Å². The van der Waals surface area contributed by atoms with Crippen LogP contribution < -0.4 is 5.32 Å². The molecule has 0 radical (unpaired) electrons. The molecule has 2 nitrogen and oxygen atoms in total. The van der Waals surface area contributed by atoms with Crippen molar-refractivity contribution in [1.82, 2.24) is 10.2 Å². The third-order valence-corrected chi connectivity index (χ3v) is 5.19. The average Bonchev–Trinajstić information content (AvgIpc) is 2.42. The molecule has 1 N–H and O–H groups in total. The van der Waals surface area contributed by atoms with E-state index >= 15 is 0 Å². The van der Waals surface area contributed by atoms with E-state index in [1.165, 1.54) is 18.6 Å². The quantitative estimate of drug-likeness (QED) is 0.849. The zero-order chi connectivity index (χ0) is 15.7. The van der Waals surface area contributed by atoms with Gasteiger partial charge in [0.15, 0.2) is 0 Å². The van der Waals surface area contributed by atoms with Crippen LogP contribution >= 0.6 is 15.9 Å². The first-order valence-electron chi connectivity index (χ1n) is 7.77. The summed E-state index contributed by atoms with van der Waals surface area (Å²) in [6, 6.07) is 4.48.